The van der Waals surface area contributed by atoms with Gasteiger partial charge in [0.25, 0.3) is 0 Å². The van der Waals surface area contributed by atoms with Crippen molar-refractivity contribution in [2.45, 2.75) is 64.2 Å². The second kappa shape index (κ2) is 8.13. The second-order valence-corrected chi connectivity index (χ2v) is 5.53. The number of fused-ring (bicyclic) bond motifs is 11. The van der Waals surface area contributed by atoms with Gasteiger partial charge in [-0.3, -0.25) is 0 Å². The van der Waals surface area contributed by atoms with Crippen molar-refractivity contribution in [2.24, 2.45) is 0 Å². The molecular weight excluding hydrogens is 216 g/mol. The van der Waals surface area contributed by atoms with E-state index in [4.69, 9.17) is 0 Å². The third kappa shape index (κ3) is 5.08. The van der Waals surface area contributed by atoms with Crippen LogP contribution in [0.25, 0.3) is 0 Å². The van der Waals surface area contributed by atoms with E-state index in [1.165, 1.54) is 75.4 Å². The minimum Gasteiger partial charge on any atom is -0.0617 e. The van der Waals surface area contributed by atoms with Gasteiger partial charge in [-0.1, -0.05) is 75.0 Å². The van der Waals surface area contributed by atoms with E-state index in [9.17, 15) is 0 Å². The Hall–Kier alpha value is -1.04. The molecule has 0 N–H and O–H groups in total. The van der Waals surface area contributed by atoms with Gasteiger partial charge >= 0.3 is 0 Å². The Morgan fingerprint density at radius 3 is 1.33 bits per heavy atom. The standard InChI is InChI=1S/C18H26/c1-2-4-6-8-12-18-15-9-13-17(14-10-16-18)11-7-5-3-1/h9-10,13-16H,1-8,11-12H2/b13-9-,14-10?,15-9?,16-10-,17-13?,17-14-,18-15-,18-16?. The van der Waals surface area contributed by atoms with E-state index in [0.29, 0.717) is 0 Å². The molecule has 0 heterocycles. The Morgan fingerprint density at radius 2 is 0.889 bits per heavy atom. The van der Waals surface area contributed by atoms with Crippen LogP contribution in [0.5, 0.6) is 0 Å². The fraction of sp³-hybridized carbons (Fsp3) is 0.556. The van der Waals surface area contributed by atoms with Gasteiger partial charge in [0, 0.05) is 0 Å². The summed E-state index contributed by atoms with van der Waals surface area (Å²) in [5.41, 5.74) is 2.97. The molecule has 0 nitrogen and oxygen atoms in total. The van der Waals surface area contributed by atoms with Gasteiger partial charge in [-0.2, -0.15) is 0 Å². The molecule has 0 amide bonds. The van der Waals surface area contributed by atoms with Crippen LogP contribution in [0.4, 0.5) is 0 Å². The first kappa shape index (κ1) is 13.4. The second-order valence-electron chi connectivity index (χ2n) is 5.53. The van der Waals surface area contributed by atoms with Gasteiger partial charge in [0.1, 0.15) is 0 Å². The summed E-state index contributed by atoms with van der Waals surface area (Å²) in [5, 5.41) is 0. The summed E-state index contributed by atoms with van der Waals surface area (Å²) >= 11 is 0. The summed E-state index contributed by atoms with van der Waals surface area (Å²) in [7, 11) is 0. The fourth-order valence-corrected chi connectivity index (χ4v) is 2.75. The van der Waals surface area contributed by atoms with Gasteiger partial charge in [-0.25, -0.2) is 0 Å². The average molecular weight is 242 g/mol. The minimum absolute atomic E-state index is 1.24. The predicted octanol–water partition coefficient (Wildman–Crippen LogP) is 5.88. The van der Waals surface area contributed by atoms with E-state index in [1.54, 1.807) is 0 Å². The lowest BCUT2D eigenvalue weighted by Crippen LogP contribution is -1.84. The molecule has 98 valence electrons. The highest BCUT2D eigenvalue weighted by molar-refractivity contribution is 5.35. The Bertz CT molecular complexity index is 316. The van der Waals surface area contributed by atoms with Crippen LogP contribution < -0.4 is 0 Å². The minimum atomic E-state index is 1.24. The molecule has 3 rings (SSSR count). The lowest BCUT2D eigenvalue weighted by atomic mass is 10.0. The van der Waals surface area contributed by atoms with Crippen LogP contribution in [0, 0.1) is 0 Å². The van der Waals surface area contributed by atoms with Crippen molar-refractivity contribution in [1.29, 1.82) is 0 Å². The van der Waals surface area contributed by atoms with Crippen molar-refractivity contribution >= 4 is 0 Å². The summed E-state index contributed by atoms with van der Waals surface area (Å²) < 4.78 is 0. The maximum Gasteiger partial charge on any atom is -0.0279 e. The fourth-order valence-electron chi connectivity index (χ4n) is 2.75. The molecule has 0 saturated heterocycles. The number of rotatable bonds is 0. The molecule has 3 aliphatic carbocycles. The highest BCUT2D eigenvalue weighted by Gasteiger charge is 1.99. The van der Waals surface area contributed by atoms with Crippen LogP contribution in [-0.2, 0) is 0 Å². The van der Waals surface area contributed by atoms with Crippen molar-refractivity contribution in [3.8, 4) is 0 Å². The number of hydrogen-bond donors (Lipinski definition) is 0. The molecule has 0 radical (unpaired) electrons. The van der Waals surface area contributed by atoms with Crippen molar-refractivity contribution in [2.75, 3.05) is 0 Å². The molecule has 2 bridgehead atoms. The number of allylic oxidation sites excluding steroid dienone is 8. The zero-order valence-electron chi connectivity index (χ0n) is 11.5. The number of hydrogen-bond acceptors (Lipinski definition) is 0. The van der Waals surface area contributed by atoms with E-state index >= 15 is 0 Å². The normalized spacial score (nSPS) is 32.0. The molecule has 0 atom stereocenters. The van der Waals surface area contributed by atoms with E-state index < -0.39 is 0 Å². The Labute approximate surface area is 112 Å². The van der Waals surface area contributed by atoms with Gasteiger partial charge < -0.3 is 0 Å². The molecule has 0 saturated carbocycles. The lowest BCUT2D eigenvalue weighted by Gasteiger charge is -2.04. The molecule has 0 fully saturated rings. The molecule has 0 aromatic rings. The van der Waals surface area contributed by atoms with E-state index in [-0.39, 0.29) is 0 Å². The third-order valence-corrected chi connectivity index (χ3v) is 3.92. The SMILES string of the molecule is C1=C\C2=C/C=C\C(=C/1)CCCCCCCCCC2. The van der Waals surface area contributed by atoms with E-state index in [0.717, 1.165) is 0 Å². The van der Waals surface area contributed by atoms with Crippen LogP contribution in [0.15, 0.2) is 47.6 Å². The lowest BCUT2D eigenvalue weighted by molar-refractivity contribution is 0.568. The van der Waals surface area contributed by atoms with Gasteiger partial charge in [0.2, 0.25) is 0 Å². The van der Waals surface area contributed by atoms with E-state index in [2.05, 4.69) is 36.5 Å². The van der Waals surface area contributed by atoms with Crippen molar-refractivity contribution in [1.82, 2.24) is 0 Å². The molecule has 0 aromatic carbocycles. The first-order valence-corrected chi connectivity index (χ1v) is 7.70. The first-order valence-electron chi connectivity index (χ1n) is 7.70. The zero-order valence-corrected chi connectivity index (χ0v) is 11.5. The summed E-state index contributed by atoms with van der Waals surface area (Å²) in [4.78, 5) is 0. The van der Waals surface area contributed by atoms with Crippen molar-refractivity contribution in [3.63, 3.8) is 0 Å². The Kier molecular flexibility index (Phi) is 6.05. The summed E-state index contributed by atoms with van der Waals surface area (Å²) in [6.07, 6.45) is 27.4. The molecule has 0 unspecified atom stereocenters. The molecule has 0 heteroatoms. The van der Waals surface area contributed by atoms with Crippen LogP contribution >= 0.6 is 0 Å². The highest BCUT2D eigenvalue weighted by atomic mass is 14.0. The summed E-state index contributed by atoms with van der Waals surface area (Å²) in [6, 6.07) is 0. The molecule has 0 spiro atoms. The Morgan fingerprint density at radius 1 is 0.500 bits per heavy atom. The van der Waals surface area contributed by atoms with Gasteiger partial charge in [0.15, 0.2) is 0 Å². The Balaban J connectivity index is 1.97. The van der Waals surface area contributed by atoms with Crippen LogP contribution in [0.2, 0.25) is 0 Å². The van der Waals surface area contributed by atoms with Crippen LogP contribution in [0.3, 0.4) is 0 Å². The quantitative estimate of drug-likeness (QED) is 0.497. The zero-order chi connectivity index (χ0) is 12.5. The van der Waals surface area contributed by atoms with Crippen LogP contribution in [-0.4, -0.2) is 0 Å². The van der Waals surface area contributed by atoms with Gasteiger partial charge in [0.05, 0.1) is 0 Å². The largest absolute Gasteiger partial charge is 0.0617 e. The highest BCUT2D eigenvalue weighted by Crippen LogP contribution is 2.19. The van der Waals surface area contributed by atoms with Crippen molar-refractivity contribution < 1.29 is 0 Å². The molecular formula is C18H26. The topological polar surface area (TPSA) is 0 Å². The molecule has 18 heavy (non-hydrogen) atoms. The van der Waals surface area contributed by atoms with Gasteiger partial charge in [-0.05, 0) is 36.8 Å². The van der Waals surface area contributed by atoms with Gasteiger partial charge in [-0.15, -0.1) is 0 Å². The molecule has 0 aromatic heterocycles. The van der Waals surface area contributed by atoms with E-state index in [1.807, 2.05) is 0 Å². The van der Waals surface area contributed by atoms with Crippen molar-refractivity contribution in [3.05, 3.63) is 47.6 Å². The molecule has 3 aliphatic rings. The summed E-state index contributed by atoms with van der Waals surface area (Å²) in [5.74, 6) is 0. The summed E-state index contributed by atoms with van der Waals surface area (Å²) in [6.45, 7) is 0. The molecule has 0 aliphatic heterocycles. The smallest absolute Gasteiger partial charge is 0.0279 e. The third-order valence-electron chi connectivity index (χ3n) is 3.92. The predicted molar refractivity (Wildman–Crippen MR) is 80.6 cm³/mol. The van der Waals surface area contributed by atoms with Crippen LogP contribution in [0.1, 0.15) is 64.2 Å². The maximum atomic E-state index is 2.29. The average Bonchev–Trinajstić information content (AvgIpc) is 2.36. The first-order chi connectivity index (χ1) is 8.95. The monoisotopic (exact) mass is 242 g/mol. The maximum absolute atomic E-state index is 2.29.